The molecule has 0 bridgehead atoms. The van der Waals surface area contributed by atoms with E-state index in [1.165, 1.54) is 18.2 Å². The SMILES string of the molecule is O=S(=O)(Oc1ccc(OCc2ccccc2)cc1)c1cc(Cl)c(Cl)cc1Cl. The van der Waals surface area contributed by atoms with Gasteiger partial charge in [-0.15, -0.1) is 0 Å². The molecule has 0 aliphatic rings. The molecule has 0 aliphatic carbocycles. The normalized spacial score (nSPS) is 11.2. The summed E-state index contributed by atoms with van der Waals surface area (Å²) < 4.78 is 35.6. The van der Waals surface area contributed by atoms with Gasteiger partial charge in [0.2, 0.25) is 0 Å². The maximum Gasteiger partial charge on any atom is 0.340 e. The van der Waals surface area contributed by atoms with Crippen molar-refractivity contribution in [3.63, 3.8) is 0 Å². The first-order chi connectivity index (χ1) is 12.8. The Kier molecular flexibility index (Phi) is 6.17. The molecule has 0 aromatic heterocycles. The van der Waals surface area contributed by atoms with Gasteiger partial charge in [-0.3, -0.25) is 0 Å². The maximum absolute atomic E-state index is 12.4. The van der Waals surface area contributed by atoms with Crippen LogP contribution < -0.4 is 8.92 Å². The number of rotatable bonds is 6. The minimum absolute atomic E-state index is 0.0629. The lowest BCUT2D eigenvalue weighted by molar-refractivity contribution is 0.306. The first kappa shape index (κ1) is 19.8. The Morgan fingerprint density at radius 1 is 0.741 bits per heavy atom. The Labute approximate surface area is 172 Å². The Morgan fingerprint density at radius 2 is 1.33 bits per heavy atom. The molecule has 0 heterocycles. The van der Waals surface area contributed by atoms with Gasteiger partial charge in [0.15, 0.2) is 0 Å². The van der Waals surface area contributed by atoms with Crippen LogP contribution in [0.1, 0.15) is 5.56 Å². The summed E-state index contributed by atoms with van der Waals surface area (Å²) >= 11 is 17.7. The standard InChI is InChI=1S/C19H13Cl3O4S/c20-16-10-18(22)19(11-17(16)21)27(23,24)26-15-8-6-14(7-9-15)25-12-13-4-2-1-3-5-13/h1-11H,12H2. The molecule has 0 saturated carbocycles. The molecule has 0 radical (unpaired) electrons. The molecule has 27 heavy (non-hydrogen) atoms. The van der Waals surface area contributed by atoms with E-state index in [0.717, 1.165) is 11.6 Å². The molecule has 8 heteroatoms. The smallest absolute Gasteiger partial charge is 0.340 e. The van der Waals surface area contributed by atoms with Crippen LogP contribution >= 0.6 is 34.8 Å². The average Bonchev–Trinajstić information content (AvgIpc) is 2.64. The van der Waals surface area contributed by atoms with E-state index in [-0.39, 0.29) is 25.7 Å². The molecule has 0 fully saturated rings. The van der Waals surface area contributed by atoms with Gasteiger partial charge < -0.3 is 8.92 Å². The Morgan fingerprint density at radius 3 is 2.00 bits per heavy atom. The van der Waals surface area contributed by atoms with Crippen LogP contribution in [-0.2, 0) is 16.7 Å². The fraction of sp³-hybridized carbons (Fsp3) is 0.0526. The van der Waals surface area contributed by atoms with Gasteiger partial charge in [0.1, 0.15) is 23.0 Å². The Balaban J connectivity index is 1.71. The summed E-state index contributed by atoms with van der Waals surface area (Å²) in [6, 6.07) is 18.3. The van der Waals surface area contributed by atoms with Crippen molar-refractivity contribution in [3.05, 3.63) is 87.4 Å². The summed E-state index contributed by atoms with van der Waals surface area (Å²) in [7, 11) is -4.17. The average molecular weight is 444 g/mol. The second-order valence-corrected chi connectivity index (χ2v) is 8.22. The third-order valence-corrected chi connectivity index (χ3v) is 5.96. The highest BCUT2D eigenvalue weighted by atomic mass is 35.5. The van der Waals surface area contributed by atoms with Crippen molar-refractivity contribution in [2.45, 2.75) is 11.5 Å². The van der Waals surface area contributed by atoms with E-state index < -0.39 is 10.1 Å². The summed E-state index contributed by atoms with van der Waals surface area (Å²) in [4.78, 5) is -0.261. The van der Waals surface area contributed by atoms with Crippen LogP contribution in [0.2, 0.25) is 15.1 Å². The molecule has 0 amide bonds. The predicted molar refractivity (Wildman–Crippen MR) is 107 cm³/mol. The van der Waals surface area contributed by atoms with Crippen molar-refractivity contribution in [2.75, 3.05) is 0 Å². The lowest BCUT2D eigenvalue weighted by Crippen LogP contribution is -2.10. The largest absolute Gasteiger partial charge is 0.489 e. The first-order valence-electron chi connectivity index (χ1n) is 7.71. The van der Waals surface area contributed by atoms with E-state index in [9.17, 15) is 8.42 Å². The lowest BCUT2D eigenvalue weighted by atomic mass is 10.2. The predicted octanol–water partition coefficient (Wildman–Crippen LogP) is 5.99. The highest BCUT2D eigenvalue weighted by Gasteiger charge is 2.22. The third kappa shape index (κ3) is 5.08. The summed E-state index contributed by atoms with van der Waals surface area (Å²) in [5, 5.41) is 0.139. The summed E-state index contributed by atoms with van der Waals surface area (Å²) in [6.45, 7) is 0.401. The van der Waals surface area contributed by atoms with Crippen LogP contribution in [0.3, 0.4) is 0 Å². The van der Waals surface area contributed by atoms with Crippen LogP contribution in [0.15, 0.2) is 71.6 Å². The molecular weight excluding hydrogens is 431 g/mol. The number of benzene rings is 3. The van der Waals surface area contributed by atoms with Crippen molar-refractivity contribution in [1.29, 1.82) is 0 Å². The second kappa shape index (κ2) is 8.40. The summed E-state index contributed by atoms with van der Waals surface area (Å²) in [5.41, 5.74) is 1.02. The Hall–Kier alpha value is -1.92. The monoisotopic (exact) mass is 442 g/mol. The topological polar surface area (TPSA) is 52.6 Å². The van der Waals surface area contributed by atoms with E-state index in [0.29, 0.717) is 12.4 Å². The highest BCUT2D eigenvalue weighted by Crippen LogP contribution is 2.33. The highest BCUT2D eigenvalue weighted by molar-refractivity contribution is 7.87. The van der Waals surface area contributed by atoms with Crippen molar-refractivity contribution >= 4 is 44.9 Å². The van der Waals surface area contributed by atoms with Crippen molar-refractivity contribution < 1.29 is 17.3 Å². The zero-order valence-electron chi connectivity index (χ0n) is 13.7. The van der Waals surface area contributed by atoms with Crippen LogP contribution in [0.25, 0.3) is 0 Å². The molecule has 4 nitrogen and oxygen atoms in total. The van der Waals surface area contributed by atoms with E-state index in [2.05, 4.69) is 0 Å². The second-order valence-electron chi connectivity index (χ2n) is 5.48. The lowest BCUT2D eigenvalue weighted by Gasteiger charge is -2.11. The first-order valence-corrected chi connectivity index (χ1v) is 10.3. The maximum atomic E-state index is 12.4. The van der Waals surface area contributed by atoms with E-state index in [1.807, 2.05) is 30.3 Å². The van der Waals surface area contributed by atoms with E-state index in [1.54, 1.807) is 12.1 Å². The minimum Gasteiger partial charge on any atom is -0.489 e. The molecular formula is C19H13Cl3O4S. The zero-order valence-corrected chi connectivity index (χ0v) is 16.8. The van der Waals surface area contributed by atoms with Gasteiger partial charge in [0.05, 0.1) is 15.1 Å². The molecule has 0 aliphatic heterocycles. The van der Waals surface area contributed by atoms with Crippen LogP contribution in [0.4, 0.5) is 0 Å². The van der Waals surface area contributed by atoms with Gasteiger partial charge in [-0.2, -0.15) is 8.42 Å². The molecule has 3 aromatic rings. The number of hydrogen-bond donors (Lipinski definition) is 0. The number of ether oxygens (including phenoxy) is 1. The molecule has 140 valence electrons. The molecule has 3 rings (SSSR count). The molecule has 0 N–H and O–H groups in total. The van der Waals surface area contributed by atoms with Crippen LogP contribution in [-0.4, -0.2) is 8.42 Å². The van der Waals surface area contributed by atoms with Gasteiger partial charge in [0, 0.05) is 0 Å². The van der Waals surface area contributed by atoms with Gasteiger partial charge in [-0.25, -0.2) is 0 Å². The van der Waals surface area contributed by atoms with Crippen molar-refractivity contribution in [3.8, 4) is 11.5 Å². The zero-order chi connectivity index (χ0) is 19.4. The van der Waals surface area contributed by atoms with E-state index in [4.69, 9.17) is 43.7 Å². The molecule has 3 aromatic carbocycles. The fourth-order valence-corrected chi connectivity index (χ4v) is 4.11. The fourth-order valence-electron chi connectivity index (χ4n) is 2.20. The van der Waals surface area contributed by atoms with Gasteiger partial charge >= 0.3 is 10.1 Å². The van der Waals surface area contributed by atoms with E-state index >= 15 is 0 Å². The van der Waals surface area contributed by atoms with Gasteiger partial charge in [0.25, 0.3) is 0 Å². The quantitative estimate of drug-likeness (QED) is 0.347. The summed E-state index contributed by atoms with van der Waals surface area (Å²) in [5.74, 6) is 0.695. The molecule has 0 saturated heterocycles. The third-order valence-electron chi connectivity index (χ3n) is 3.52. The van der Waals surface area contributed by atoms with Crippen molar-refractivity contribution in [2.24, 2.45) is 0 Å². The molecule has 0 spiro atoms. The van der Waals surface area contributed by atoms with Crippen LogP contribution in [0, 0.1) is 0 Å². The van der Waals surface area contributed by atoms with Gasteiger partial charge in [-0.05, 0) is 42.0 Å². The molecule has 0 atom stereocenters. The Bertz CT molecular complexity index is 1040. The van der Waals surface area contributed by atoms with Gasteiger partial charge in [-0.1, -0.05) is 65.1 Å². The number of halogens is 3. The number of hydrogen-bond acceptors (Lipinski definition) is 4. The van der Waals surface area contributed by atoms with Crippen molar-refractivity contribution in [1.82, 2.24) is 0 Å². The minimum atomic E-state index is -4.17. The molecule has 0 unspecified atom stereocenters. The summed E-state index contributed by atoms with van der Waals surface area (Å²) in [6.07, 6.45) is 0. The van der Waals surface area contributed by atoms with Crippen LogP contribution in [0.5, 0.6) is 11.5 Å².